The minimum atomic E-state index is -1.41. The van der Waals surface area contributed by atoms with Crippen molar-refractivity contribution in [1.29, 1.82) is 0 Å². The van der Waals surface area contributed by atoms with Gasteiger partial charge in [0.15, 0.2) is 0 Å². The van der Waals surface area contributed by atoms with E-state index in [-0.39, 0.29) is 5.82 Å². The highest BCUT2D eigenvalue weighted by atomic mass is 19.1. The highest BCUT2D eigenvalue weighted by Crippen LogP contribution is 2.19. The molecule has 0 atom stereocenters. The van der Waals surface area contributed by atoms with Gasteiger partial charge in [-0.15, -0.1) is 0 Å². The molecule has 0 aliphatic carbocycles. The summed E-state index contributed by atoms with van der Waals surface area (Å²) in [6.07, 6.45) is 0.433. The van der Waals surface area contributed by atoms with E-state index in [0.717, 1.165) is 0 Å². The summed E-state index contributed by atoms with van der Waals surface area (Å²) in [4.78, 5) is 11.4. The first kappa shape index (κ1) is 14.4. The first-order valence-corrected chi connectivity index (χ1v) is 5.67. The van der Waals surface area contributed by atoms with Gasteiger partial charge in [0.25, 0.3) is 5.91 Å². The van der Waals surface area contributed by atoms with Crippen molar-refractivity contribution in [3.63, 3.8) is 0 Å². The Morgan fingerprint density at radius 2 is 2.17 bits per heavy atom. The highest BCUT2D eigenvalue weighted by Gasteiger charge is 2.22. The molecular formula is C13H18FNO3. The largest absolute Gasteiger partial charge is 0.496 e. The van der Waals surface area contributed by atoms with Gasteiger partial charge in [-0.1, -0.05) is 0 Å². The lowest BCUT2D eigenvalue weighted by Gasteiger charge is -2.16. The van der Waals surface area contributed by atoms with Crippen LogP contribution in [0.5, 0.6) is 5.75 Å². The van der Waals surface area contributed by atoms with E-state index in [9.17, 15) is 14.3 Å². The van der Waals surface area contributed by atoms with Crippen LogP contribution < -0.4 is 10.1 Å². The van der Waals surface area contributed by atoms with Gasteiger partial charge in [-0.05, 0) is 44.0 Å². The van der Waals surface area contributed by atoms with Crippen molar-refractivity contribution in [3.05, 3.63) is 29.6 Å². The van der Waals surface area contributed by atoms with E-state index in [1.165, 1.54) is 33.1 Å². The first-order chi connectivity index (χ1) is 8.34. The van der Waals surface area contributed by atoms with Gasteiger partial charge in [-0.3, -0.25) is 4.79 Å². The van der Waals surface area contributed by atoms with Gasteiger partial charge in [0.2, 0.25) is 0 Å². The van der Waals surface area contributed by atoms with Crippen molar-refractivity contribution in [2.45, 2.75) is 25.9 Å². The maximum Gasteiger partial charge on any atom is 0.251 e. The van der Waals surface area contributed by atoms with Gasteiger partial charge in [-0.2, -0.15) is 0 Å². The van der Waals surface area contributed by atoms with Gasteiger partial charge < -0.3 is 15.2 Å². The maximum absolute atomic E-state index is 13.1. The van der Waals surface area contributed by atoms with Crippen LogP contribution in [0.3, 0.4) is 0 Å². The van der Waals surface area contributed by atoms with Crippen LogP contribution in [0.25, 0.3) is 0 Å². The number of rotatable bonds is 5. The van der Waals surface area contributed by atoms with Crippen molar-refractivity contribution in [2.75, 3.05) is 13.7 Å². The lowest BCUT2D eigenvalue weighted by molar-refractivity contribution is -0.136. The van der Waals surface area contributed by atoms with Crippen molar-refractivity contribution < 1.29 is 19.0 Å². The molecule has 0 spiro atoms. The predicted octanol–water partition coefficient (Wildman–Crippen LogP) is 1.26. The summed E-state index contributed by atoms with van der Waals surface area (Å²) in [6, 6.07) is 4.23. The average Bonchev–Trinajstić information content (AvgIpc) is 2.28. The van der Waals surface area contributed by atoms with Crippen LogP contribution in [0.1, 0.15) is 19.4 Å². The second-order valence-electron chi connectivity index (χ2n) is 4.52. The first-order valence-electron chi connectivity index (χ1n) is 5.67. The summed E-state index contributed by atoms with van der Waals surface area (Å²) < 4.78 is 18.2. The van der Waals surface area contributed by atoms with E-state index in [1.54, 1.807) is 6.07 Å². The number of amides is 1. The summed E-state index contributed by atoms with van der Waals surface area (Å²) in [5.74, 6) is -0.230. The van der Waals surface area contributed by atoms with E-state index in [2.05, 4.69) is 5.32 Å². The standard InChI is InChI=1S/C13H18FNO3/c1-13(2,17)12(16)15-7-6-9-8-10(14)4-5-11(9)18-3/h4-5,8,17H,6-7H2,1-3H3,(H,15,16). The second-order valence-corrected chi connectivity index (χ2v) is 4.52. The van der Waals surface area contributed by atoms with Gasteiger partial charge >= 0.3 is 0 Å². The topological polar surface area (TPSA) is 58.6 Å². The molecule has 1 aromatic rings. The molecule has 0 saturated carbocycles. The number of hydrogen-bond donors (Lipinski definition) is 2. The molecule has 5 heteroatoms. The smallest absolute Gasteiger partial charge is 0.251 e. The Labute approximate surface area is 106 Å². The van der Waals surface area contributed by atoms with Crippen LogP contribution in [0.15, 0.2) is 18.2 Å². The Kier molecular flexibility index (Phi) is 4.67. The molecule has 0 unspecified atom stereocenters. The molecule has 0 saturated heterocycles. The number of methoxy groups -OCH3 is 1. The Bertz CT molecular complexity index is 427. The lowest BCUT2D eigenvalue weighted by atomic mass is 10.1. The number of carbonyl (C=O) groups excluding carboxylic acids is 1. The van der Waals surface area contributed by atoms with Crippen LogP contribution in [-0.4, -0.2) is 30.3 Å². The van der Waals surface area contributed by atoms with Gasteiger partial charge in [0.05, 0.1) is 7.11 Å². The van der Waals surface area contributed by atoms with Gasteiger partial charge in [0, 0.05) is 6.54 Å². The molecule has 2 N–H and O–H groups in total. The van der Waals surface area contributed by atoms with E-state index in [4.69, 9.17) is 4.74 Å². The third kappa shape index (κ3) is 4.00. The molecule has 0 radical (unpaired) electrons. The maximum atomic E-state index is 13.1. The van der Waals surface area contributed by atoms with E-state index in [1.807, 2.05) is 0 Å². The fraction of sp³-hybridized carbons (Fsp3) is 0.462. The molecule has 1 rings (SSSR count). The third-order valence-electron chi connectivity index (χ3n) is 2.48. The van der Waals surface area contributed by atoms with Crippen molar-refractivity contribution in [3.8, 4) is 5.75 Å². The Morgan fingerprint density at radius 1 is 1.50 bits per heavy atom. The number of nitrogens with one attached hydrogen (secondary N) is 1. The van der Waals surface area contributed by atoms with Crippen LogP contribution in [-0.2, 0) is 11.2 Å². The molecule has 1 aromatic carbocycles. The molecule has 0 bridgehead atoms. The molecule has 1 amide bonds. The molecular weight excluding hydrogens is 237 g/mol. The number of carbonyl (C=O) groups is 1. The SMILES string of the molecule is COc1ccc(F)cc1CCNC(=O)C(C)(C)O. The summed E-state index contributed by atoms with van der Waals surface area (Å²) >= 11 is 0. The molecule has 0 aliphatic rings. The highest BCUT2D eigenvalue weighted by molar-refractivity contribution is 5.83. The lowest BCUT2D eigenvalue weighted by Crippen LogP contribution is -2.42. The minimum Gasteiger partial charge on any atom is -0.496 e. The number of ether oxygens (including phenoxy) is 1. The predicted molar refractivity (Wildman–Crippen MR) is 66.0 cm³/mol. The zero-order valence-corrected chi connectivity index (χ0v) is 10.8. The van der Waals surface area contributed by atoms with E-state index in [0.29, 0.717) is 24.3 Å². The zero-order chi connectivity index (χ0) is 13.8. The summed E-state index contributed by atoms with van der Waals surface area (Å²) in [6.45, 7) is 3.12. The van der Waals surface area contributed by atoms with Crippen LogP contribution in [0, 0.1) is 5.82 Å². The Hall–Kier alpha value is -1.62. The molecule has 0 aromatic heterocycles. The molecule has 4 nitrogen and oxygen atoms in total. The third-order valence-corrected chi connectivity index (χ3v) is 2.48. The number of hydrogen-bond acceptors (Lipinski definition) is 3. The fourth-order valence-electron chi connectivity index (χ4n) is 1.47. The second kappa shape index (κ2) is 5.82. The normalized spacial score (nSPS) is 11.2. The van der Waals surface area contributed by atoms with Crippen molar-refractivity contribution in [1.82, 2.24) is 5.32 Å². The number of benzene rings is 1. The molecule has 0 aliphatic heterocycles. The average molecular weight is 255 g/mol. The van der Waals surface area contributed by atoms with E-state index >= 15 is 0 Å². The number of aliphatic hydroxyl groups is 1. The van der Waals surface area contributed by atoms with E-state index < -0.39 is 11.5 Å². The number of halogens is 1. The fourth-order valence-corrected chi connectivity index (χ4v) is 1.47. The summed E-state index contributed by atoms with van der Waals surface area (Å²) in [5.41, 5.74) is -0.736. The van der Waals surface area contributed by atoms with Crippen LogP contribution in [0.2, 0.25) is 0 Å². The van der Waals surface area contributed by atoms with Gasteiger partial charge in [0.1, 0.15) is 17.2 Å². The summed E-state index contributed by atoms with van der Waals surface area (Å²) in [5, 5.41) is 12.0. The molecule has 0 fully saturated rings. The van der Waals surface area contributed by atoms with Crippen molar-refractivity contribution in [2.24, 2.45) is 0 Å². The molecule has 0 heterocycles. The van der Waals surface area contributed by atoms with Gasteiger partial charge in [-0.25, -0.2) is 4.39 Å². The van der Waals surface area contributed by atoms with Crippen molar-refractivity contribution >= 4 is 5.91 Å². The van der Waals surface area contributed by atoms with Crippen LogP contribution >= 0.6 is 0 Å². The Morgan fingerprint density at radius 3 is 2.72 bits per heavy atom. The molecule has 18 heavy (non-hydrogen) atoms. The Balaban J connectivity index is 2.59. The zero-order valence-electron chi connectivity index (χ0n) is 10.8. The monoisotopic (exact) mass is 255 g/mol. The summed E-state index contributed by atoms with van der Waals surface area (Å²) in [7, 11) is 1.51. The molecule has 100 valence electrons. The minimum absolute atomic E-state index is 0.308. The van der Waals surface area contributed by atoms with Crippen LogP contribution in [0.4, 0.5) is 4.39 Å². The quantitative estimate of drug-likeness (QED) is 0.833.